The number of aromatic nitrogens is 3. The average Bonchev–Trinajstić information content (AvgIpc) is 3.27. The van der Waals surface area contributed by atoms with E-state index in [1.54, 1.807) is 12.4 Å². The molecule has 0 aliphatic carbocycles. The second-order valence-corrected chi connectivity index (χ2v) is 6.85. The van der Waals surface area contributed by atoms with Gasteiger partial charge in [-0.05, 0) is 24.3 Å². The first-order chi connectivity index (χ1) is 12.3. The molecule has 8 heteroatoms. The van der Waals surface area contributed by atoms with Gasteiger partial charge in [-0.3, -0.25) is 9.78 Å². The van der Waals surface area contributed by atoms with Gasteiger partial charge in [-0.15, -0.1) is 11.3 Å². The van der Waals surface area contributed by atoms with Gasteiger partial charge in [0.05, 0.1) is 11.4 Å². The van der Waals surface area contributed by atoms with Crippen molar-refractivity contribution < 1.29 is 9.21 Å². The minimum absolute atomic E-state index is 0.153. The van der Waals surface area contributed by atoms with Gasteiger partial charge in [0.2, 0.25) is 5.91 Å². The van der Waals surface area contributed by atoms with Crippen LogP contribution in [0.15, 0.2) is 63.8 Å². The summed E-state index contributed by atoms with van der Waals surface area (Å²) in [5, 5.41) is 5.72. The minimum Gasteiger partial charge on any atom is -0.431 e. The highest BCUT2D eigenvalue weighted by molar-refractivity contribution is 7.99. The number of fused-ring (bicyclic) bond motifs is 1. The van der Waals surface area contributed by atoms with Crippen molar-refractivity contribution in [3.8, 4) is 11.3 Å². The van der Waals surface area contributed by atoms with Crippen LogP contribution in [0.3, 0.4) is 0 Å². The molecule has 0 saturated carbocycles. The average molecular weight is 368 g/mol. The Morgan fingerprint density at radius 3 is 2.96 bits per heavy atom. The van der Waals surface area contributed by atoms with E-state index in [0.717, 1.165) is 16.8 Å². The van der Waals surface area contributed by atoms with Crippen molar-refractivity contribution in [2.24, 2.45) is 0 Å². The molecular formula is C17H12N4O2S2. The summed E-state index contributed by atoms with van der Waals surface area (Å²) in [5.41, 5.74) is 3.21. The Kier molecular flexibility index (Phi) is 4.45. The van der Waals surface area contributed by atoms with E-state index in [9.17, 15) is 4.79 Å². The lowest BCUT2D eigenvalue weighted by Gasteiger charge is -1.99. The van der Waals surface area contributed by atoms with E-state index in [2.05, 4.69) is 20.3 Å². The Labute approximate surface area is 151 Å². The monoisotopic (exact) mass is 368 g/mol. The topological polar surface area (TPSA) is 80.9 Å². The Morgan fingerprint density at radius 1 is 1.20 bits per heavy atom. The molecular weight excluding hydrogens is 356 g/mol. The summed E-state index contributed by atoms with van der Waals surface area (Å²) >= 11 is 2.63. The van der Waals surface area contributed by atoms with Gasteiger partial charge in [0.1, 0.15) is 5.52 Å². The van der Waals surface area contributed by atoms with Crippen LogP contribution in [0.2, 0.25) is 0 Å². The number of hydrogen-bond donors (Lipinski definition) is 1. The van der Waals surface area contributed by atoms with Crippen LogP contribution < -0.4 is 5.32 Å². The van der Waals surface area contributed by atoms with E-state index in [-0.39, 0.29) is 11.7 Å². The fourth-order valence-corrected chi connectivity index (χ4v) is 3.55. The number of benzene rings is 1. The maximum absolute atomic E-state index is 12.1. The maximum Gasteiger partial charge on any atom is 0.257 e. The smallest absolute Gasteiger partial charge is 0.257 e. The van der Waals surface area contributed by atoms with Gasteiger partial charge in [0.15, 0.2) is 10.7 Å². The van der Waals surface area contributed by atoms with Crippen LogP contribution in [0.4, 0.5) is 5.13 Å². The first kappa shape index (κ1) is 15.8. The van der Waals surface area contributed by atoms with Crippen LogP contribution in [0, 0.1) is 0 Å². The van der Waals surface area contributed by atoms with E-state index in [1.165, 1.54) is 23.1 Å². The largest absolute Gasteiger partial charge is 0.431 e. The molecule has 0 atom stereocenters. The molecule has 0 radical (unpaired) electrons. The summed E-state index contributed by atoms with van der Waals surface area (Å²) in [4.78, 5) is 24.9. The second kappa shape index (κ2) is 7.04. The number of anilines is 1. The highest BCUT2D eigenvalue weighted by Crippen LogP contribution is 2.25. The van der Waals surface area contributed by atoms with Gasteiger partial charge in [-0.2, -0.15) is 0 Å². The molecule has 124 valence electrons. The van der Waals surface area contributed by atoms with Gasteiger partial charge >= 0.3 is 0 Å². The van der Waals surface area contributed by atoms with Gasteiger partial charge in [-0.25, -0.2) is 9.97 Å². The Morgan fingerprint density at radius 2 is 2.12 bits per heavy atom. The third-order valence-electron chi connectivity index (χ3n) is 3.31. The number of hydrogen-bond acceptors (Lipinski definition) is 7. The molecule has 25 heavy (non-hydrogen) atoms. The lowest BCUT2D eigenvalue weighted by atomic mass is 10.2. The van der Waals surface area contributed by atoms with Crippen LogP contribution in [0.25, 0.3) is 22.4 Å². The van der Waals surface area contributed by atoms with Crippen molar-refractivity contribution in [3.05, 3.63) is 54.2 Å². The van der Waals surface area contributed by atoms with Gasteiger partial charge < -0.3 is 9.73 Å². The molecule has 0 aliphatic heterocycles. The molecule has 0 spiro atoms. The number of nitrogens with one attached hydrogen (secondary N) is 1. The summed E-state index contributed by atoms with van der Waals surface area (Å²) < 4.78 is 5.58. The summed E-state index contributed by atoms with van der Waals surface area (Å²) in [5.74, 6) is 0.0496. The van der Waals surface area contributed by atoms with Crippen LogP contribution in [-0.2, 0) is 4.79 Å². The Bertz CT molecular complexity index is 981. The summed E-state index contributed by atoms with van der Waals surface area (Å²) in [6, 6.07) is 11.3. The maximum atomic E-state index is 12.1. The molecule has 0 bridgehead atoms. The molecule has 3 heterocycles. The number of carbonyl (C=O) groups excluding carboxylic acids is 1. The van der Waals surface area contributed by atoms with Crippen LogP contribution >= 0.6 is 23.1 Å². The number of carbonyl (C=O) groups is 1. The SMILES string of the molecule is O=C(CSc1nc2ccccc2o1)Nc1nc(-c2cccnc2)cs1. The molecule has 3 aromatic heterocycles. The molecule has 0 saturated heterocycles. The van der Waals surface area contributed by atoms with Crippen molar-refractivity contribution in [1.82, 2.24) is 15.0 Å². The van der Waals surface area contributed by atoms with Gasteiger partial charge in [0, 0.05) is 23.3 Å². The lowest BCUT2D eigenvalue weighted by Crippen LogP contribution is -2.13. The molecule has 1 N–H and O–H groups in total. The number of thioether (sulfide) groups is 1. The number of pyridine rings is 1. The highest BCUT2D eigenvalue weighted by atomic mass is 32.2. The molecule has 6 nitrogen and oxygen atoms in total. The van der Waals surface area contributed by atoms with Crippen molar-refractivity contribution in [1.29, 1.82) is 0 Å². The molecule has 0 unspecified atom stereocenters. The normalized spacial score (nSPS) is 10.9. The van der Waals surface area contributed by atoms with Gasteiger partial charge in [-0.1, -0.05) is 23.9 Å². The predicted octanol–water partition coefficient (Wildman–Crippen LogP) is 4.08. The summed E-state index contributed by atoms with van der Waals surface area (Å²) in [6.07, 6.45) is 3.45. The summed E-state index contributed by atoms with van der Waals surface area (Å²) in [6.45, 7) is 0. The molecule has 1 amide bonds. The van der Waals surface area contributed by atoms with Crippen molar-refractivity contribution >= 4 is 45.2 Å². The van der Waals surface area contributed by atoms with Crippen LogP contribution in [-0.4, -0.2) is 26.6 Å². The molecule has 4 rings (SSSR count). The number of thiazole rings is 1. The number of oxazole rings is 1. The van der Waals surface area contributed by atoms with Crippen molar-refractivity contribution in [2.75, 3.05) is 11.1 Å². The lowest BCUT2D eigenvalue weighted by molar-refractivity contribution is -0.113. The van der Waals surface area contributed by atoms with Crippen molar-refractivity contribution in [2.45, 2.75) is 5.22 Å². The first-order valence-electron chi connectivity index (χ1n) is 7.42. The standard InChI is InChI=1S/C17H12N4O2S2/c22-15(10-25-17-20-12-5-1-2-6-14(12)23-17)21-16-19-13(9-24-16)11-4-3-7-18-8-11/h1-9H,10H2,(H,19,21,22). The van der Waals surface area contributed by atoms with E-state index >= 15 is 0 Å². The van der Waals surface area contributed by atoms with E-state index < -0.39 is 0 Å². The zero-order chi connectivity index (χ0) is 17.1. The number of amides is 1. The minimum atomic E-state index is -0.153. The Balaban J connectivity index is 1.37. The van der Waals surface area contributed by atoms with Crippen molar-refractivity contribution in [3.63, 3.8) is 0 Å². The fraction of sp³-hybridized carbons (Fsp3) is 0.0588. The highest BCUT2D eigenvalue weighted by Gasteiger charge is 2.11. The quantitative estimate of drug-likeness (QED) is 0.535. The third kappa shape index (κ3) is 3.70. The molecule has 0 aliphatic rings. The molecule has 0 fully saturated rings. The fourth-order valence-electron chi connectivity index (χ4n) is 2.17. The van der Waals surface area contributed by atoms with E-state index in [0.29, 0.717) is 15.9 Å². The Hall–Kier alpha value is -2.71. The predicted molar refractivity (Wildman–Crippen MR) is 98.7 cm³/mol. The summed E-state index contributed by atoms with van der Waals surface area (Å²) in [7, 11) is 0. The van der Waals surface area contributed by atoms with Crippen LogP contribution in [0.1, 0.15) is 0 Å². The zero-order valence-corrected chi connectivity index (χ0v) is 14.5. The molecule has 1 aromatic carbocycles. The van der Waals surface area contributed by atoms with E-state index in [1.807, 2.05) is 41.8 Å². The third-order valence-corrected chi connectivity index (χ3v) is 4.89. The van der Waals surface area contributed by atoms with Crippen LogP contribution in [0.5, 0.6) is 0 Å². The second-order valence-electron chi connectivity index (χ2n) is 5.06. The number of para-hydroxylation sites is 2. The first-order valence-corrected chi connectivity index (χ1v) is 9.28. The van der Waals surface area contributed by atoms with Gasteiger partial charge in [0.25, 0.3) is 5.22 Å². The van der Waals surface area contributed by atoms with E-state index in [4.69, 9.17) is 4.42 Å². The zero-order valence-electron chi connectivity index (χ0n) is 12.9. The molecule has 4 aromatic rings. The number of rotatable bonds is 5. The number of nitrogens with zero attached hydrogens (tertiary/aromatic N) is 3.